The van der Waals surface area contributed by atoms with Crippen LogP contribution in [0.15, 0.2) is 24.3 Å². The van der Waals surface area contributed by atoms with Crippen molar-refractivity contribution in [2.75, 3.05) is 20.3 Å². The van der Waals surface area contributed by atoms with Crippen LogP contribution in [0.25, 0.3) is 0 Å². The standard InChI is InChI=1S/C15H25NO2/c1-12(2)18-15-8-6-14(7-9-15)13(3)16-10-5-11-17-4/h6-9,12-13,16H,5,10-11H2,1-4H3. The van der Waals surface area contributed by atoms with Gasteiger partial charge in [0.2, 0.25) is 0 Å². The highest BCUT2D eigenvalue weighted by Crippen LogP contribution is 2.18. The first kappa shape index (κ1) is 15.0. The summed E-state index contributed by atoms with van der Waals surface area (Å²) in [5, 5.41) is 3.47. The summed E-state index contributed by atoms with van der Waals surface area (Å²) in [4.78, 5) is 0. The third kappa shape index (κ3) is 5.52. The van der Waals surface area contributed by atoms with Gasteiger partial charge in [0.1, 0.15) is 5.75 Å². The van der Waals surface area contributed by atoms with Crippen molar-refractivity contribution in [3.63, 3.8) is 0 Å². The molecule has 0 aliphatic heterocycles. The van der Waals surface area contributed by atoms with E-state index in [2.05, 4.69) is 24.4 Å². The minimum Gasteiger partial charge on any atom is -0.491 e. The lowest BCUT2D eigenvalue weighted by Crippen LogP contribution is -2.20. The molecule has 18 heavy (non-hydrogen) atoms. The molecular formula is C15H25NO2. The van der Waals surface area contributed by atoms with Crippen molar-refractivity contribution in [3.05, 3.63) is 29.8 Å². The van der Waals surface area contributed by atoms with E-state index in [-0.39, 0.29) is 6.10 Å². The summed E-state index contributed by atoms with van der Waals surface area (Å²) in [7, 11) is 1.73. The minimum absolute atomic E-state index is 0.223. The Balaban J connectivity index is 2.41. The smallest absolute Gasteiger partial charge is 0.119 e. The Bertz CT molecular complexity index is 322. The molecule has 3 nitrogen and oxygen atoms in total. The van der Waals surface area contributed by atoms with Crippen LogP contribution < -0.4 is 10.1 Å². The number of hydrogen-bond donors (Lipinski definition) is 1. The van der Waals surface area contributed by atoms with Gasteiger partial charge in [-0.25, -0.2) is 0 Å². The van der Waals surface area contributed by atoms with E-state index in [9.17, 15) is 0 Å². The predicted molar refractivity (Wildman–Crippen MR) is 75.1 cm³/mol. The summed E-state index contributed by atoms with van der Waals surface area (Å²) >= 11 is 0. The van der Waals surface area contributed by atoms with E-state index in [1.165, 1.54) is 5.56 Å². The van der Waals surface area contributed by atoms with E-state index in [0.717, 1.165) is 25.3 Å². The van der Waals surface area contributed by atoms with Crippen molar-refractivity contribution in [2.24, 2.45) is 0 Å². The average molecular weight is 251 g/mol. The summed E-state index contributed by atoms with van der Waals surface area (Å²) in [5.41, 5.74) is 1.28. The maximum absolute atomic E-state index is 5.63. The van der Waals surface area contributed by atoms with Gasteiger partial charge in [-0.2, -0.15) is 0 Å². The number of ether oxygens (including phenoxy) is 2. The Kier molecular flexibility index (Phi) is 6.76. The number of hydrogen-bond acceptors (Lipinski definition) is 3. The lowest BCUT2D eigenvalue weighted by atomic mass is 10.1. The monoisotopic (exact) mass is 251 g/mol. The summed E-state index contributed by atoms with van der Waals surface area (Å²) < 4.78 is 10.7. The van der Waals surface area contributed by atoms with Gasteiger partial charge in [0.05, 0.1) is 6.10 Å². The van der Waals surface area contributed by atoms with Gasteiger partial charge in [0.25, 0.3) is 0 Å². The molecule has 1 N–H and O–H groups in total. The second kappa shape index (κ2) is 8.11. The Labute approximate surface area is 110 Å². The lowest BCUT2D eigenvalue weighted by molar-refractivity contribution is 0.193. The van der Waals surface area contributed by atoms with E-state index in [1.807, 2.05) is 26.0 Å². The highest BCUT2D eigenvalue weighted by Gasteiger charge is 2.05. The van der Waals surface area contributed by atoms with Crippen molar-refractivity contribution < 1.29 is 9.47 Å². The Morgan fingerprint density at radius 2 is 1.78 bits per heavy atom. The molecule has 1 aromatic rings. The van der Waals surface area contributed by atoms with Crippen molar-refractivity contribution in [3.8, 4) is 5.75 Å². The zero-order valence-electron chi connectivity index (χ0n) is 11.9. The van der Waals surface area contributed by atoms with Gasteiger partial charge in [-0.05, 0) is 51.4 Å². The summed E-state index contributed by atoms with van der Waals surface area (Å²) in [5.74, 6) is 0.931. The zero-order chi connectivity index (χ0) is 13.4. The molecule has 102 valence electrons. The first-order chi connectivity index (χ1) is 8.63. The highest BCUT2D eigenvalue weighted by molar-refractivity contribution is 5.29. The van der Waals surface area contributed by atoms with Crippen molar-refractivity contribution >= 4 is 0 Å². The molecule has 0 heterocycles. The average Bonchev–Trinajstić information content (AvgIpc) is 2.34. The molecule has 3 heteroatoms. The lowest BCUT2D eigenvalue weighted by Gasteiger charge is -2.15. The molecule has 0 aliphatic rings. The molecule has 0 saturated heterocycles. The van der Waals surface area contributed by atoms with E-state index in [1.54, 1.807) is 7.11 Å². The first-order valence-electron chi connectivity index (χ1n) is 6.62. The summed E-state index contributed by atoms with van der Waals surface area (Å²) in [6, 6.07) is 8.65. The van der Waals surface area contributed by atoms with Crippen LogP contribution in [0.3, 0.4) is 0 Å². The van der Waals surface area contributed by atoms with E-state index in [4.69, 9.17) is 9.47 Å². The van der Waals surface area contributed by atoms with Crippen LogP contribution in [-0.4, -0.2) is 26.4 Å². The third-order valence-corrected chi connectivity index (χ3v) is 2.73. The van der Waals surface area contributed by atoms with E-state index < -0.39 is 0 Å². The maximum Gasteiger partial charge on any atom is 0.119 e. The van der Waals surface area contributed by atoms with Gasteiger partial charge < -0.3 is 14.8 Å². The third-order valence-electron chi connectivity index (χ3n) is 2.73. The largest absolute Gasteiger partial charge is 0.491 e. The quantitative estimate of drug-likeness (QED) is 0.720. The molecule has 0 saturated carbocycles. The second-order valence-corrected chi connectivity index (χ2v) is 4.76. The van der Waals surface area contributed by atoms with Crippen LogP contribution in [0.5, 0.6) is 5.75 Å². The van der Waals surface area contributed by atoms with Crippen LogP contribution >= 0.6 is 0 Å². The fraction of sp³-hybridized carbons (Fsp3) is 0.600. The van der Waals surface area contributed by atoms with Gasteiger partial charge in [-0.3, -0.25) is 0 Å². The highest BCUT2D eigenvalue weighted by atomic mass is 16.5. The van der Waals surface area contributed by atoms with Gasteiger partial charge in [-0.15, -0.1) is 0 Å². The molecule has 1 atom stereocenters. The molecule has 0 spiro atoms. The van der Waals surface area contributed by atoms with Crippen molar-refractivity contribution in [1.82, 2.24) is 5.32 Å². The number of nitrogens with one attached hydrogen (secondary N) is 1. The first-order valence-corrected chi connectivity index (χ1v) is 6.62. The van der Waals surface area contributed by atoms with Crippen LogP contribution in [0.2, 0.25) is 0 Å². The topological polar surface area (TPSA) is 30.5 Å². The fourth-order valence-electron chi connectivity index (χ4n) is 1.76. The SMILES string of the molecule is COCCCNC(C)c1ccc(OC(C)C)cc1. The fourth-order valence-corrected chi connectivity index (χ4v) is 1.76. The maximum atomic E-state index is 5.63. The summed E-state index contributed by atoms with van der Waals surface area (Å²) in [6.07, 6.45) is 1.26. The molecule has 1 rings (SSSR count). The van der Waals surface area contributed by atoms with Crippen LogP contribution in [0.4, 0.5) is 0 Å². The van der Waals surface area contributed by atoms with Gasteiger partial charge in [-0.1, -0.05) is 12.1 Å². The number of methoxy groups -OCH3 is 1. The Morgan fingerprint density at radius 3 is 2.33 bits per heavy atom. The molecule has 0 aromatic heterocycles. The molecule has 0 fully saturated rings. The Morgan fingerprint density at radius 1 is 1.11 bits per heavy atom. The molecule has 0 amide bonds. The van der Waals surface area contributed by atoms with Crippen LogP contribution in [0, 0.1) is 0 Å². The van der Waals surface area contributed by atoms with Crippen LogP contribution in [0.1, 0.15) is 38.8 Å². The minimum atomic E-state index is 0.223. The van der Waals surface area contributed by atoms with E-state index in [0.29, 0.717) is 6.04 Å². The van der Waals surface area contributed by atoms with Crippen molar-refractivity contribution in [2.45, 2.75) is 39.3 Å². The van der Waals surface area contributed by atoms with Gasteiger partial charge in [0, 0.05) is 19.8 Å². The normalized spacial score (nSPS) is 12.7. The molecule has 0 bridgehead atoms. The number of benzene rings is 1. The molecule has 1 unspecified atom stereocenters. The second-order valence-electron chi connectivity index (χ2n) is 4.76. The van der Waals surface area contributed by atoms with Gasteiger partial charge >= 0.3 is 0 Å². The van der Waals surface area contributed by atoms with Crippen molar-refractivity contribution in [1.29, 1.82) is 0 Å². The molecule has 0 radical (unpaired) electrons. The number of rotatable bonds is 8. The molecular weight excluding hydrogens is 226 g/mol. The summed E-state index contributed by atoms with van der Waals surface area (Å²) in [6.45, 7) is 8.02. The van der Waals surface area contributed by atoms with Crippen LogP contribution in [-0.2, 0) is 4.74 Å². The van der Waals surface area contributed by atoms with Gasteiger partial charge in [0.15, 0.2) is 0 Å². The van der Waals surface area contributed by atoms with E-state index >= 15 is 0 Å². The zero-order valence-corrected chi connectivity index (χ0v) is 11.9. The molecule has 1 aromatic carbocycles. The molecule has 0 aliphatic carbocycles. The predicted octanol–water partition coefficient (Wildman–Crippen LogP) is 3.16. The Hall–Kier alpha value is -1.06.